The molecule has 2 heteroatoms. The van der Waals surface area contributed by atoms with E-state index in [0.29, 0.717) is 0 Å². The second kappa shape index (κ2) is 4.19. The normalized spacial score (nSPS) is 8.86. The van der Waals surface area contributed by atoms with Gasteiger partial charge in [0.1, 0.15) is 0 Å². The van der Waals surface area contributed by atoms with Crippen LogP contribution in [0.2, 0.25) is 0 Å². The molecule has 7 heavy (non-hydrogen) atoms. The van der Waals surface area contributed by atoms with E-state index in [2.05, 4.69) is 6.92 Å². The molecule has 0 aromatic carbocycles. The first-order valence-corrected chi connectivity index (χ1v) is 3.65. The summed E-state index contributed by atoms with van der Waals surface area (Å²) >= 11 is 1.53. The highest BCUT2D eigenvalue weighted by Crippen LogP contribution is 2.01. The van der Waals surface area contributed by atoms with E-state index in [4.69, 9.17) is 5.41 Å². The van der Waals surface area contributed by atoms with E-state index < -0.39 is 0 Å². The molecule has 0 radical (unpaired) electrons. The van der Waals surface area contributed by atoms with Crippen LogP contribution < -0.4 is 0 Å². The lowest BCUT2D eigenvalue weighted by Crippen LogP contribution is -1.84. The van der Waals surface area contributed by atoms with Gasteiger partial charge in [-0.25, -0.2) is 0 Å². The molecule has 0 rings (SSSR count). The third-order valence-corrected chi connectivity index (χ3v) is 1.42. The maximum absolute atomic E-state index is 7.10. The van der Waals surface area contributed by atoms with E-state index >= 15 is 0 Å². The Morgan fingerprint density at radius 1 is 1.71 bits per heavy atom. The van der Waals surface area contributed by atoms with Crippen LogP contribution >= 0.6 is 11.8 Å². The fourth-order valence-electron chi connectivity index (χ4n) is 0.329. The van der Waals surface area contributed by atoms with Crippen molar-refractivity contribution in [2.75, 3.05) is 6.26 Å². The minimum absolute atomic E-state index is 0.794. The molecular weight excluding hydrogens is 106 g/mol. The lowest BCUT2D eigenvalue weighted by atomic mass is 10.4. The van der Waals surface area contributed by atoms with Crippen LogP contribution in [-0.2, 0) is 0 Å². The predicted molar refractivity (Wildman–Crippen MR) is 36.1 cm³/mol. The van der Waals surface area contributed by atoms with Crippen molar-refractivity contribution in [1.29, 1.82) is 5.41 Å². The Hall–Kier alpha value is 0.0200. The number of hydrogen-bond donors (Lipinski definition) is 1. The first-order valence-electron chi connectivity index (χ1n) is 2.42. The molecule has 0 aliphatic carbocycles. The first-order chi connectivity index (χ1) is 3.31. The highest BCUT2D eigenvalue weighted by molar-refractivity contribution is 8.13. The average molecular weight is 117 g/mol. The lowest BCUT2D eigenvalue weighted by molar-refractivity contribution is 0.999. The van der Waals surface area contributed by atoms with Crippen molar-refractivity contribution in [2.45, 2.75) is 19.8 Å². The van der Waals surface area contributed by atoms with Gasteiger partial charge in [-0.15, -0.1) is 11.8 Å². The molecule has 0 aliphatic rings. The van der Waals surface area contributed by atoms with Crippen molar-refractivity contribution in [2.24, 2.45) is 0 Å². The minimum atomic E-state index is 0.794. The molecule has 0 unspecified atom stereocenters. The Morgan fingerprint density at radius 2 is 2.29 bits per heavy atom. The van der Waals surface area contributed by atoms with E-state index in [1.54, 1.807) is 0 Å². The molecule has 0 fully saturated rings. The molecule has 0 aliphatic heterocycles. The number of rotatable bonds is 2. The van der Waals surface area contributed by atoms with E-state index in [9.17, 15) is 0 Å². The zero-order valence-electron chi connectivity index (χ0n) is 4.82. The van der Waals surface area contributed by atoms with Crippen LogP contribution in [0.4, 0.5) is 0 Å². The number of nitrogens with one attached hydrogen (secondary N) is 1. The predicted octanol–water partition coefficient (Wildman–Crippen LogP) is 2.13. The maximum atomic E-state index is 7.10. The highest BCUT2D eigenvalue weighted by Gasteiger charge is 1.86. The van der Waals surface area contributed by atoms with Gasteiger partial charge in [0.05, 0.1) is 5.04 Å². The summed E-state index contributed by atoms with van der Waals surface area (Å²) < 4.78 is 0. The van der Waals surface area contributed by atoms with Gasteiger partial charge in [0, 0.05) is 0 Å². The molecular formula is C5H11NS. The van der Waals surface area contributed by atoms with Crippen molar-refractivity contribution < 1.29 is 0 Å². The molecule has 1 N–H and O–H groups in total. The molecule has 0 saturated heterocycles. The van der Waals surface area contributed by atoms with Gasteiger partial charge in [-0.1, -0.05) is 13.3 Å². The topological polar surface area (TPSA) is 23.9 Å². The van der Waals surface area contributed by atoms with Gasteiger partial charge in [0.2, 0.25) is 0 Å². The Kier molecular flexibility index (Phi) is 4.20. The van der Waals surface area contributed by atoms with Gasteiger partial charge < -0.3 is 0 Å². The quantitative estimate of drug-likeness (QED) is 0.434. The van der Waals surface area contributed by atoms with Crippen LogP contribution in [0.5, 0.6) is 0 Å². The molecule has 0 bridgehead atoms. The molecule has 0 heterocycles. The standard InChI is InChI=1S/C5H11NS/c1-3-4-5(6)7-2/h6H,3-4H2,1-2H3. The van der Waals surface area contributed by atoms with E-state index in [1.165, 1.54) is 11.8 Å². The minimum Gasteiger partial charge on any atom is -0.298 e. The van der Waals surface area contributed by atoms with E-state index in [1.807, 2.05) is 6.26 Å². The van der Waals surface area contributed by atoms with Crippen molar-refractivity contribution in [3.63, 3.8) is 0 Å². The summed E-state index contributed by atoms with van der Waals surface area (Å²) in [5, 5.41) is 7.89. The van der Waals surface area contributed by atoms with Crippen LogP contribution in [-0.4, -0.2) is 11.3 Å². The largest absolute Gasteiger partial charge is 0.298 e. The Morgan fingerprint density at radius 3 is 2.43 bits per heavy atom. The van der Waals surface area contributed by atoms with Crippen molar-refractivity contribution >= 4 is 16.8 Å². The Labute approximate surface area is 49.0 Å². The second-order valence-corrected chi connectivity index (χ2v) is 2.28. The van der Waals surface area contributed by atoms with Crippen LogP contribution in [0.15, 0.2) is 0 Å². The molecule has 0 saturated carbocycles. The Bertz CT molecular complexity index is 61.1. The summed E-state index contributed by atoms with van der Waals surface area (Å²) in [6, 6.07) is 0. The maximum Gasteiger partial charge on any atom is 0.0638 e. The zero-order valence-corrected chi connectivity index (χ0v) is 5.64. The lowest BCUT2D eigenvalue weighted by Gasteiger charge is -1.91. The van der Waals surface area contributed by atoms with E-state index in [0.717, 1.165) is 17.9 Å². The summed E-state index contributed by atoms with van der Waals surface area (Å²) in [6.45, 7) is 2.09. The summed E-state index contributed by atoms with van der Waals surface area (Å²) in [4.78, 5) is 0. The van der Waals surface area contributed by atoms with E-state index in [-0.39, 0.29) is 0 Å². The molecule has 1 nitrogen and oxygen atoms in total. The van der Waals surface area contributed by atoms with Crippen molar-refractivity contribution in [1.82, 2.24) is 0 Å². The molecule has 0 amide bonds. The van der Waals surface area contributed by atoms with Gasteiger partial charge in [0.25, 0.3) is 0 Å². The molecule has 0 aromatic heterocycles. The van der Waals surface area contributed by atoms with Crippen molar-refractivity contribution in [3.05, 3.63) is 0 Å². The SMILES string of the molecule is CCCC(=N)SC. The Balaban J connectivity index is 3.00. The highest BCUT2D eigenvalue weighted by atomic mass is 32.2. The first kappa shape index (κ1) is 7.02. The fraction of sp³-hybridized carbons (Fsp3) is 0.800. The van der Waals surface area contributed by atoms with Crippen LogP contribution in [0.25, 0.3) is 0 Å². The third kappa shape index (κ3) is 3.86. The second-order valence-electron chi connectivity index (χ2n) is 1.38. The van der Waals surface area contributed by atoms with Gasteiger partial charge in [-0.05, 0) is 12.7 Å². The summed E-state index contributed by atoms with van der Waals surface area (Å²) in [7, 11) is 0. The van der Waals surface area contributed by atoms with Gasteiger partial charge in [-0.2, -0.15) is 0 Å². The van der Waals surface area contributed by atoms with Crippen molar-refractivity contribution in [3.8, 4) is 0 Å². The van der Waals surface area contributed by atoms with Gasteiger partial charge >= 0.3 is 0 Å². The number of thioether (sulfide) groups is 1. The molecule has 42 valence electrons. The van der Waals surface area contributed by atoms with Crippen LogP contribution in [0.3, 0.4) is 0 Å². The van der Waals surface area contributed by atoms with Gasteiger partial charge in [-0.3, -0.25) is 5.41 Å². The number of hydrogen-bond acceptors (Lipinski definition) is 2. The average Bonchev–Trinajstić information content (AvgIpc) is 1.68. The fourth-order valence-corrected chi connectivity index (χ4v) is 0.737. The monoisotopic (exact) mass is 117 g/mol. The summed E-state index contributed by atoms with van der Waals surface area (Å²) in [5.41, 5.74) is 0. The third-order valence-electron chi connectivity index (χ3n) is 0.723. The zero-order chi connectivity index (χ0) is 5.70. The smallest absolute Gasteiger partial charge is 0.0638 e. The molecule has 0 atom stereocenters. The van der Waals surface area contributed by atoms with Crippen LogP contribution in [0.1, 0.15) is 19.8 Å². The molecule has 0 spiro atoms. The molecule has 0 aromatic rings. The summed E-state index contributed by atoms with van der Waals surface area (Å²) in [6.07, 6.45) is 3.98. The van der Waals surface area contributed by atoms with Gasteiger partial charge in [0.15, 0.2) is 0 Å². The van der Waals surface area contributed by atoms with Crippen LogP contribution in [0, 0.1) is 5.41 Å². The summed E-state index contributed by atoms with van der Waals surface area (Å²) in [5.74, 6) is 0.